The summed E-state index contributed by atoms with van der Waals surface area (Å²) in [5.41, 5.74) is 2.26. The average Bonchev–Trinajstić information content (AvgIpc) is 4.15. The molecule has 4 aromatic rings. The molecule has 2 saturated heterocycles. The quantitative estimate of drug-likeness (QED) is 0.0353. The molecule has 2 aromatic heterocycles. The first kappa shape index (κ1) is 54.5. The molecule has 25 nitrogen and oxygen atoms in total. The van der Waals surface area contributed by atoms with Crippen LogP contribution in [0.4, 0.5) is 0 Å². The zero-order valence-electron chi connectivity index (χ0n) is 40.9. The van der Waals surface area contributed by atoms with Crippen LogP contribution in [0.5, 0.6) is 0 Å². The van der Waals surface area contributed by atoms with Gasteiger partial charge >= 0.3 is 0 Å². The summed E-state index contributed by atoms with van der Waals surface area (Å²) in [4.78, 5) is 72.8. The summed E-state index contributed by atoms with van der Waals surface area (Å²) < 4.78 is 83.5. The molecule has 0 spiro atoms. The van der Waals surface area contributed by atoms with E-state index in [9.17, 15) is 40.8 Å². The van der Waals surface area contributed by atoms with Crippen molar-refractivity contribution < 1.29 is 69.2 Å². The van der Waals surface area contributed by atoms with Gasteiger partial charge in [-0.1, -0.05) is 22.6 Å². The predicted molar refractivity (Wildman–Crippen MR) is 260 cm³/mol. The summed E-state index contributed by atoms with van der Waals surface area (Å²) >= 11 is 0. The van der Waals surface area contributed by atoms with Crippen molar-refractivity contribution in [2.24, 2.45) is 0 Å². The van der Waals surface area contributed by atoms with Gasteiger partial charge in [-0.2, -0.15) is 0 Å². The minimum absolute atomic E-state index is 0.00899. The van der Waals surface area contributed by atoms with Gasteiger partial charge in [0.25, 0.3) is 23.6 Å². The van der Waals surface area contributed by atoms with E-state index in [2.05, 4.69) is 20.6 Å². The number of hydrogen-bond acceptors (Lipinski definition) is 21. The van der Waals surface area contributed by atoms with E-state index in [0.717, 1.165) is 21.2 Å². The third-order valence-electron chi connectivity index (χ3n) is 12.6. The molecule has 0 radical (unpaired) electrons. The standard InChI is InChI=1S/C47H60N10O15S2/c58-43(35-1-3-39-41(29-35)46(61)56(44(39)59)7-15-69-19-23-71-21-17-67-13-5-54-33-37(48-50-54)31-52-9-25-73(63,64)26-10-52)36-2-4-40-42(30-36)47(62)57(45(40)60)8-16-70-20-24-72-22-18-68-14-6-55-34-38(49-51-55)32-53-11-27-74(65,66)28-12-53/h1-4,29-30,33-34H,5-28,31-32H2. The molecule has 27 heteroatoms. The largest absolute Gasteiger partial charge is 0.377 e. The number of benzene rings is 2. The summed E-state index contributed by atoms with van der Waals surface area (Å²) in [6.07, 6.45) is 3.64. The van der Waals surface area contributed by atoms with Gasteiger partial charge in [0.1, 0.15) is 0 Å². The fourth-order valence-corrected chi connectivity index (χ4v) is 11.0. The summed E-state index contributed by atoms with van der Waals surface area (Å²) in [6.45, 7) is 7.25. The van der Waals surface area contributed by atoms with Crippen molar-refractivity contribution in [1.29, 1.82) is 0 Å². The van der Waals surface area contributed by atoms with Gasteiger partial charge in [0.2, 0.25) is 0 Å². The summed E-state index contributed by atoms with van der Waals surface area (Å²) in [6, 6.07) is 8.47. The molecule has 2 fully saturated rings. The van der Waals surface area contributed by atoms with Crippen LogP contribution >= 0.6 is 0 Å². The van der Waals surface area contributed by atoms with Crippen molar-refractivity contribution in [3.05, 3.63) is 93.6 Å². The van der Waals surface area contributed by atoms with E-state index in [1.54, 1.807) is 9.36 Å². The maximum absolute atomic E-state index is 13.6. The normalized spacial score (nSPS) is 17.7. The molecule has 2 aromatic carbocycles. The number of sulfone groups is 2. The number of carbonyl (C=O) groups is 5. The molecule has 0 N–H and O–H groups in total. The van der Waals surface area contributed by atoms with Gasteiger partial charge in [0, 0.05) is 62.8 Å². The number of ketones is 1. The molecule has 4 aliphatic heterocycles. The second-order valence-electron chi connectivity index (χ2n) is 17.8. The van der Waals surface area contributed by atoms with Crippen molar-refractivity contribution in [2.75, 3.05) is 142 Å². The Morgan fingerprint density at radius 3 is 1.14 bits per heavy atom. The Labute approximate surface area is 427 Å². The van der Waals surface area contributed by atoms with Gasteiger partial charge in [-0.3, -0.25) is 43.6 Å². The maximum atomic E-state index is 13.6. The first-order chi connectivity index (χ1) is 35.7. The highest BCUT2D eigenvalue weighted by atomic mass is 32.2. The molecule has 6 heterocycles. The number of nitrogens with zero attached hydrogens (tertiary/aromatic N) is 10. The van der Waals surface area contributed by atoms with Crippen LogP contribution in [0.2, 0.25) is 0 Å². The molecule has 8 rings (SSSR count). The molecular weight excluding hydrogens is 1010 g/mol. The fourth-order valence-electron chi connectivity index (χ4n) is 8.46. The minimum Gasteiger partial charge on any atom is -0.377 e. The SMILES string of the molecule is O=C(c1ccc2c(c1)C(=O)N(CCOCCOCCOCCn1cc(CN3CCS(=O)(=O)CC3)nn1)C2=O)c1ccc2c(c1)C(=O)N(CCOCCOCCOCCn1cc(CN3CCS(=O)(=O)CC3)nn1)C2=O. The van der Waals surface area contributed by atoms with Crippen LogP contribution in [0.3, 0.4) is 0 Å². The summed E-state index contributed by atoms with van der Waals surface area (Å²) in [5, 5.41) is 16.5. The predicted octanol–water partition coefficient (Wildman–Crippen LogP) is -0.747. The van der Waals surface area contributed by atoms with Crippen LogP contribution in [0.25, 0.3) is 0 Å². The lowest BCUT2D eigenvalue weighted by atomic mass is 9.96. The Morgan fingerprint density at radius 2 is 0.770 bits per heavy atom. The van der Waals surface area contributed by atoms with Gasteiger partial charge in [0.05, 0.1) is 162 Å². The Bertz CT molecular complexity index is 2660. The molecule has 0 atom stereocenters. The van der Waals surface area contributed by atoms with Crippen molar-refractivity contribution >= 4 is 49.1 Å². The van der Waals surface area contributed by atoms with Crippen molar-refractivity contribution in [2.45, 2.75) is 26.2 Å². The van der Waals surface area contributed by atoms with E-state index < -0.39 is 49.1 Å². The van der Waals surface area contributed by atoms with Crippen LogP contribution in [-0.4, -0.2) is 237 Å². The highest BCUT2D eigenvalue weighted by Gasteiger charge is 2.38. The number of fused-ring (bicyclic) bond motifs is 2. The van der Waals surface area contributed by atoms with E-state index in [1.807, 2.05) is 22.2 Å². The van der Waals surface area contributed by atoms with E-state index in [-0.39, 0.29) is 109 Å². The Balaban J connectivity index is 0.661. The highest BCUT2D eigenvalue weighted by molar-refractivity contribution is 7.91. The van der Waals surface area contributed by atoms with E-state index in [1.165, 1.54) is 36.4 Å². The molecule has 0 aliphatic carbocycles. The monoisotopic (exact) mass is 1070 g/mol. The lowest BCUT2D eigenvalue weighted by Crippen LogP contribution is -2.39. The lowest BCUT2D eigenvalue weighted by Gasteiger charge is -2.25. The number of carbonyl (C=O) groups excluding carboxylic acids is 5. The zero-order valence-corrected chi connectivity index (χ0v) is 42.5. The van der Waals surface area contributed by atoms with Gasteiger partial charge in [-0.15, -0.1) is 10.2 Å². The Morgan fingerprint density at radius 1 is 0.446 bits per heavy atom. The number of rotatable bonds is 30. The fraction of sp³-hybridized carbons (Fsp3) is 0.553. The Kier molecular flexibility index (Phi) is 18.9. The number of imide groups is 2. The highest BCUT2D eigenvalue weighted by Crippen LogP contribution is 2.28. The second kappa shape index (κ2) is 25.7. The Hall–Kier alpha value is -5.75. The van der Waals surface area contributed by atoms with Crippen molar-refractivity contribution in [3.8, 4) is 0 Å². The van der Waals surface area contributed by atoms with E-state index >= 15 is 0 Å². The van der Waals surface area contributed by atoms with Crippen LogP contribution in [0.1, 0.15) is 68.7 Å². The first-order valence-corrected chi connectivity index (χ1v) is 28.0. The molecule has 0 unspecified atom stereocenters. The first-order valence-electron chi connectivity index (χ1n) is 24.4. The minimum atomic E-state index is -2.94. The molecule has 0 bridgehead atoms. The van der Waals surface area contributed by atoms with Crippen LogP contribution < -0.4 is 0 Å². The topological polar surface area (TPSA) is 283 Å². The summed E-state index contributed by atoms with van der Waals surface area (Å²) in [5.74, 6) is -2.01. The summed E-state index contributed by atoms with van der Waals surface area (Å²) in [7, 11) is -5.88. The average molecular weight is 1070 g/mol. The molecular formula is C47H60N10O15S2. The second-order valence-corrected chi connectivity index (χ2v) is 22.5. The molecule has 0 saturated carbocycles. The van der Waals surface area contributed by atoms with E-state index in [4.69, 9.17) is 28.4 Å². The van der Waals surface area contributed by atoms with Gasteiger partial charge in [-0.05, 0) is 24.3 Å². The third-order valence-corrected chi connectivity index (χ3v) is 15.8. The van der Waals surface area contributed by atoms with Crippen LogP contribution in [0.15, 0.2) is 48.8 Å². The van der Waals surface area contributed by atoms with Crippen molar-refractivity contribution in [3.63, 3.8) is 0 Å². The maximum Gasteiger partial charge on any atom is 0.261 e. The van der Waals surface area contributed by atoms with Crippen LogP contribution in [-0.2, 0) is 74.3 Å². The number of ether oxygens (including phenoxy) is 6. The molecule has 4 amide bonds. The van der Waals surface area contributed by atoms with E-state index in [0.29, 0.717) is 92.0 Å². The molecule has 400 valence electrons. The van der Waals surface area contributed by atoms with Crippen LogP contribution in [0, 0.1) is 0 Å². The third kappa shape index (κ3) is 14.8. The zero-order chi connectivity index (χ0) is 52.1. The van der Waals surface area contributed by atoms with Crippen molar-refractivity contribution in [1.82, 2.24) is 49.6 Å². The number of amides is 4. The smallest absolute Gasteiger partial charge is 0.261 e. The van der Waals surface area contributed by atoms with Gasteiger partial charge in [0.15, 0.2) is 25.5 Å². The molecule has 4 aliphatic rings. The van der Waals surface area contributed by atoms with Gasteiger partial charge < -0.3 is 28.4 Å². The molecule has 74 heavy (non-hydrogen) atoms. The number of aromatic nitrogens is 6. The lowest BCUT2D eigenvalue weighted by molar-refractivity contribution is 0.00957. The number of hydrogen-bond donors (Lipinski definition) is 0. The van der Waals surface area contributed by atoms with Gasteiger partial charge in [-0.25, -0.2) is 26.2 Å².